The zero-order valence-corrected chi connectivity index (χ0v) is 17.0. The van der Waals surface area contributed by atoms with Gasteiger partial charge in [0.2, 0.25) is 0 Å². The topological polar surface area (TPSA) is 105 Å². The minimum Gasteiger partial charge on any atom is -0.279 e. The number of hydrogen-bond acceptors (Lipinski definition) is 6. The molecule has 0 bridgehead atoms. The van der Waals surface area contributed by atoms with Crippen molar-refractivity contribution >= 4 is 58.7 Å². The maximum absolute atomic E-state index is 12.3. The van der Waals surface area contributed by atoms with Crippen molar-refractivity contribution in [3.63, 3.8) is 0 Å². The zero-order chi connectivity index (χ0) is 18.8. The molecule has 0 aliphatic heterocycles. The van der Waals surface area contributed by atoms with E-state index < -0.39 is 20.0 Å². The summed E-state index contributed by atoms with van der Waals surface area (Å²) in [4.78, 5) is 3.84. The van der Waals surface area contributed by atoms with Gasteiger partial charge in [-0.2, -0.15) is 0 Å². The first kappa shape index (κ1) is 18.8. The number of benzene rings is 1. The number of aromatic nitrogens is 1. The van der Waals surface area contributed by atoms with Gasteiger partial charge in [-0.25, -0.2) is 16.8 Å². The summed E-state index contributed by atoms with van der Waals surface area (Å²) in [5.41, 5.74) is 0.593. The van der Waals surface area contributed by atoms with Gasteiger partial charge < -0.3 is 0 Å². The van der Waals surface area contributed by atoms with Crippen LogP contribution in [0.5, 0.6) is 0 Å². The summed E-state index contributed by atoms with van der Waals surface area (Å²) in [6.45, 7) is 0. The molecule has 0 saturated heterocycles. The highest BCUT2D eigenvalue weighted by Crippen LogP contribution is 2.28. The van der Waals surface area contributed by atoms with Gasteiger partial charge in [-0.05, 0) is 64.5 Å². The number of thiophene rings is 1. The molecule has 2 N–H and O–H groups in total. The number of pyridine rings is 1. The van der Waals surface area contributed by atoms with Gasteiger partial charge in [-0.3, -0.25) is 14.4 Å². The number of anilines is 2. The zero-order valence-electron chi connectivity index (χ0n) is 13.0. The SMILES string of the molecule is O=S(=O)(Nc1cccnc1)c1ccc(NS(=O)(=O)c2ccc(Br)s2)cc1. The van der Waals surface area contributed by atoms with Crippen LogP contribution in [0.4, 0.5) is 11.4 Å². The van der Waals surface area contributed by atoms with E-state index in [4.69, 9.17) is 0 Å². The molecule has 136 valence electrons. The molecular formula is C15H12BrN3O4S3. The van der Waals surface area contributed by atoms with E-state index in [9.17, 15) is 16.8 Å². The van der Waals surface area contributed by atoms with Gasteiger partial charge in [0.25, 0.3) is 20.0 Å². The van der Waals surface area contributed by atoms with Crippen LogP contribution in [0.2, 0.25) is 0 Å². The first-order chi connectivity index (χ1) is 12.3. The molecule has 0 radical (unpaired) electrons. The van der Waals surface area contributed by atoms with Crippen LogP contribution < -0.4 is 9.44 Å². The minimum atomic E-state index is -3.79. The molecule has 0 aliphatic carbocycles. The molecule has 1 aromatic carbocycles. The molecular weight excluding hydrogens is 462 g/mol. The molecule has 3 aromatic rings. The van der Waals surface area contributed by atoms with Crippen molar-refractivity contribution in [2.24, 2.45) is 0 Å². The number of halogens is 1. The fourth-order valence-corrected chi connectivity index (χ4v) is 6.10. The van der Waals surface area contributed by atoms with Gasteiger partial charge in [0, 0.05) is 11.9 Å². The minimum absolute atomic E-state index is 0.00293. The third-order valence-corrected chi connectivity index (χ3v) is 8.04. The van der Waals surface area contributed by atoms with Gasteiger partial charge in [-0.1, -0.05) is 0 Å². The summed E-state index contributed by atoms with van der Waals surface area (Å²) >= 11 is 4.29. The largest absolute Gasteiger partial charge is 0.279 e. The number of nitrogens with one attached hydrogen (secondary N) is 2. The van der Waals surface area contributed by atoms with Crippen LogP contribution in [0, 0.1) is 0 Å². The Hall–Kier alpha value is -1.95. The molecule has 0 atom stereocenters. The normalized spacial score (nSPS) is 11.9. The van der Waals surface area contributed by atoms with E-state index in [2.05, 4.69) is 30.4 Å². The molecule has 26 heavy (non-hydrogen) atoms. The molecule has 0 spiro atoms. The van der Waals surface area contributed by atoms with Gasteiger partial charge >= 0.3 is 0 Å². The second-order valence-corrected chi connectivity index (χ2v) is 11.1. The molecule has 0 saturated carbocycles. The highest BCUT2D eigenvalue weighted by molar-refractivity contribution is 9.11. The summed E-state index contributed by atoms with van der Waals surface area (Å²) in [6.07, 6.45) is 2.92. The number of sulfonamides is 2. The Labute approximate surface area is 163 Å². The summed E-state index contributed by atoms with van der Waals surface area (Å²) < 4.78 is 54.9. The molecule has 0 aliphatic rings. The van der Waals surface area contributed by atoms with E-state index in [1.165, 1.54) is 42.7 Å². The van der Waals surface area contributed by atoms with E-state index in [1.54, 1.807) is 18.2 Å². The lowest BCUT2D eigenvalue weighted by Crippen LogP contribution is -2.14. The molecule has 7 nitrogen and oxygen atoms in total. The summed E-state index contributed by atoms with van der Waals surface area (Å²) in [5.74, 6) is 0. The first-order valence-electron chi connectivity index (χ1n) is 7.07. The lowest BCUT2D eigenvalue weighted by Gasteiger charge is -2.09. The van der Waals surface area contributed by atoms with Crippen molar-refractivity contribution < 1.29 is 16.8 Å². The number of nitrogens with zero attached hydrogens (tertiary/aromatic N) is 1. The third kappa shape index (κ3) is 4.41. The highest BCUT2D eigenvalue weighted by Gasteiger charge is 2.18. The molecule has 3 rings (SSSR count). The molecule has 11 heteroatoms. The Balaban J connectivity index is 1.78. The standard InChI is InChI=1S/C15H12BrN3O4S3/c16-14-7-8-15(24-14)26(22,23)18-11-3-5-13(6-4-11)25(20,21)19-12-2-1-9-17-10-12/h1-10,18-19H. The fourth-order valence-electron chi connectivity index (χ4n) is 1.99. The third-order valence-electron chi connectivity index (χ3n) is 3.14. The summed E-state index contributed by atoms with van der Waals surface area (Å²) in [7, 11) is -7.52. The highest BCUT2D eigenvalue weighted by atomic mass is 79.9. The van der Waals surface area contributed by atoms with Crippen LogP contribution in [-0.2, 0) is 20.0 Å². The number of hydrogen-bond donors (Lipinski definition) is 2. The Morgan fingerprint density at radius 3 is 2.12 bits per heavy atom. The Bertz CT molecular complexity index is 1110. The second-order valence-electron chi connectivity index (χ2n) is 5.04. The first-order valence-corrected chi connectivity index (χ1v) is 11.6. The lowest BCUT2D eigenvalue weighted by molar-refractivity contribution is 0.600. The molecule has 0 fully saturated rings. The van der Waals surface area contributed by atoms with Gasteiger partial charge in [0.15, 0.2) is 0 Å². The number of rotatable bonds is 6. The van der Waals surface area contributed by atoms with Gasteiger partial charge in [0.1, 0.15) is 4.21 Å². The van der Waals surface area contributed by atoms with Crippen LogP contribution in [-0.4, -0.2) is 21.8 Å². The van der Waals surface area contributed by atoms with E-state index in [0.29, 0.717) is 9.47 Å². The maximum Gasteiger partial charge on any atom is 0.271 e. The predicted octanol–water partition coefficient (Wildman–Crippen LogP) is 3.51. The van der Waals surface area contributed by atoms with Crippen LogP contribution in [0.1, 0.15) is 0 Å². The monoisotopic (exact) mass is 473 g/mol. The Morgan fingerprint density at radius 2 is 1.54 bits per heavy atom. The van der Waals surface area contributed by atoms with Crippen molar-refractivity contribution in [3.05, 3.63) is 64.7 Å². The van der Waals surface area contributed by atoms with Gasteiger partial charge in [0.05, 0.1) is 20.6 Å². The van der Waals surface area contributed by atoms with Crippen LogP contribution >= 0.6 is 27.3 Å². The van der Waals surface area contributed by atoms with Crippen molar-refractivity contribution in [3.8, 4) is 0 Å². The molecule has 0 unspecified atom stereocenters. The van der Waals surface area contributed by atoms with Crippen molar-refractivity contribution in [1.29, 1.82) is 0 Å². The Kier molecular flexibility index (Phi) is 5.32. The van der Waals surface area contributed by atoms with Crippen molar-refractivity contribution in [2.75, 3.05) is 9.44 Å². The van der Waals surface area contributed by atoms with Crippen LogP contribution in [0.15, 0.2) is 73.8 Å². The average Bonchev–Trinajstić information content (AvgIpc) is 3.03. The quantitative estimate of drug-likeness (QED) is 0.569. The van der Waals surface area contributed by atoms with E-state index in [0.717, 1.165) is 11.3 Å². The van der Waals surface area contributed by atoms with Crippen molar-refractivity contribution in [1.82, 2.24) is 4.98 Å². The Morgan fingerprint density at radius 1 is 0.846 bits per heavy atom. The fraction of sp³-hybridized carbons (Fsp3) is 0. The van der Waals surface area contributed by atoms with E-state index in [-0.39, 0.29) is 14.8 Å². The molecule has 2 heterocycles. The average molecular weight is 474 g/mol. The van der Waals surface area contributed by atoms with Crippen LogP contribution in [0.25, 0.3) is 0 Å². The summed E-state index contributed by atoms with van der Waals surface area (Å²) in [5, 5.41) is 0. The predicted molar refractivity (Wildman–Crippen MR) is 104 cm³/mol. The molecule has 2 aromatic heterocycles. The van der Waals surface area contributed by atoms with E-state index >= 15 is 0 Å². The van der Waals surface area contributed by atoms with Crippen molar-refractivity contribution in [2.45, 2.75) is 9.10 Å². The summed E-state index contributed by atoms with van der Waals surface area (Å²) in [6, 6.07) is 11.7. The van der Waals surface area contributed by atoms with Gasteiger partial charge in [-0.15, -0.1) is 11.3 Å². The lowest BCUT2D eigenvalue weighted by atomic mass is 10.3. The molecule has 0 amide bonds. The van der Waals surface area contributed by atoms with Crippen LogP contribution in [0.3, 0.4) is 0 Å². The maximum atomic E-state index is 12.3. The smallest absolute Gasteiger partial charge is 0.271 e. The van der Waals surface area contributed by atoms with E-state index in [1.807, 2.05) is 0 Å². The second kappa shape index (κ2) is 7.35.